The van der Waals surface area contributed by atoms with Gasteiger partial charge in [-0.05, 0) is 117 Å². The maximum atomic E-state index is 13.7. The summed E-state index contributed by atoms with van der Waals surface area (Å²) in [5.41, 5.74) is 4.05. The molecule has 0 aromatic rings. The van der Waals surface area contributed by atoms with Crippen LogP contribution in [0.15, 0.2) is 23.3 Å². The molecule has 0 aromatic carbocycles. The molecule has 0 amide bonds. The molecule has 0 heterocycles. The zero-order valence-corrected chi connectivity index (χ0v) is 22.0. The second kappa shape index (κ2) is 7.23. The van der Waals surface area contributed by atoms with Crippen LogP contribution in [0.3, 0.4) is 0 Å². The molecular formula is C31H46O2. The van der Waals surface area contributed by atoms with Crippen LogP contribution < -0.4 is 0 Å². The predicted molar refractivity (Wildman–Crippen MR) is 133 cm³/mol. The van der Waals surface area contributed by atoms with Crippen LogP contribution in [-0.4, -0.2) is 12.1 Å². The highest BCUT2D eigenvalue weighted by molar-refractivity contribution is 5.74. The average Bonchev–Trinajstić information content (AvgIpc) is 3.11. The Hall–Kier alpha value is -1.05. The highest BCUT2D eigenvalue weighted by Crippen LogP contribution is 2.67. The lowest BCUT2D eigenvalue weighted by Gasteiger charge is -2.59. The van der Waals surface area contributed by atoms with Crippen LogP contribution in [0, 0.1) is 57.7 Å². The third kappa shape index (κ3) is 3.00. The molecule has 0 aromatic heterocycles. The smallest absolute Gasteiger partial charge is 0.310 e. The summed E-state index contributed by atoms with van der Waals surface area (Å²) < 4.78 is 6.37. The minimum atomic E-state index is -0.000185. The number of ether oxygens (including phenoxy) is 1. The topological polar surface area (TPSA) is 26.3 Å². The van der Waals surface area contributed by atoms with Crippen molar-refractivity contribution in [2.75, 3.05) is 0 Å². The molecular weight excluding hydrogens is 404 g/mol. The highest BCUT2D eigenvalue weighted by Gasteiger charge is 2.61. The van der Waals surface area contributed by atoms with E-state index in [9.17, 15) is 4.79 Å². The molecule has 4 fully saturated rings. The second-order valence-corrected chi connectivity index (χ2v) is 14.3. The SMILES string of the molecule is CC1=C[C@H](OC(=O)[C@H]2CC[C@H]3[C@@H]4CC=C5CC(C)CC[C@]5(C)[C@H]4CC[C@]23C)[C@H]2C[C@@H]1C2(C)C. The van der Waals surface area contributed by atoms with Crippen molar-refractivity contribution < 1.29 is 9.53 Å². The van der Waals surface area contributed by atoms with Gasteiger partial charge < -0.3 is 4.74 Å². The van der Waals surface area contributed by atoms with E-state index in [-0.39, 0.29) is 28.8 Å². The van der Waals surface area contributed by atoms with E-state index < -0.39 is 0 Å². The normalized spacial score (nSPS) is 51.8. The van der Waals surface area contributed by atoms with E-state index in [1.807, 2.05) is 0 Å². The quantitative estimate of drug-likeness (QED) is 0.318. The van der Waals surface area contributed by atoms with Crippen molar-refractivity contribution in [1.29, 1.82) is 0 Å². The van der Waals surface area contributed by atoms with Crippen molar-refractivity contribution in [3.63, 3.8) is 0 Å². The van der Waals surface area contributed by atoms with Gasteiger partial charge in [-0.25, -0.2) is 0 Å². The Bertz CT molecular complexity index is 910. The van der Waals surface area contributed by atoms with E-state index in [4.69, 9.17) is 4.74 Å². The number of rotatable bonds is 2. The molecule has 2 nitrogen and oxygen atoms in total. The van der Waals surface area contributed by atoms with Crippen LogP contribution in [0.1, 0.15) is 99.3 Å². The molecule has 33 heavy (non-hydrogen) atoms. The van der Waals surface area contributed by atoms with Gasteiger partial charge in [0.2, 0.25) is 0 Å². The zero-order valence-electron chi connectivity index (χ0n) is 22.0. The third-order valence-electron chi connectivity index (χ3n) is 12.6. The summed E-state index contributed by atoms with van der Waals surface area (Å²) in [5, 5.41) is 0. The van der Waals surface area contributed by atoms with Gasteiger partial charge in [-0.15, -0.1) is 0 Å². The molecule has 7 aliphatic rings. The lowest BCUT2D eigenvalue weighted by molar-refractivity contribution is -0.172. The van der Waals surface area contributed by atoms with E-state index in [0.29, 0.717) is 23.2 Å². The summed E-state index contributed by atoms with van der Waals surface area (Å²) in [6.07, 6.45) is 16.3. The Morgan fingerprint density at radius 1 is 1.00 bits per heavy atom. The molecule has 182 valence electrons. The maximum Gasteiger partial charge on any atom is 0.310 e. The Labute approximate surface area is 202 Å². The molecule has 2 bridgehead atoms. The molecule has 0 spiro atoms. The number of carbonyl (C=O) groups is 1. The number of fused-ring (bicyclic) bond motifs is 6. The molecule has 1 unspecified atom stereocenters. The first-order chi connectivity index (χ1) is 15.6. The molecule has 10 atom stereocenters. The zero-order chi connectivity index (χ0) is 23.3. The molecule has 0 saturated heterocycles. The minimum Gasteiger partial charge on any atom is -0.458 e. The molecule has 0 aliphatic heterocycles. The largest absolute Gasteiger partial charge is 0.458 e. The summed E-state index contributed by atoms with van der Waals surface area (Å²) in [7, 11) is 0. The molecule has 7 aliphatic carbocycles. The van der Waals surface area contributed by atoms with Crippen LogP contribution in [0.5, 0.6) is 0 Å². The van der Waals surface area contributed by atoms with Crippen molar-refractivity contribution in [2.45, 2.75) is 105 Å². The van der Waals surface area contributed by atoms with E-state index in [1.54, 1.807) is 5.57 Å². The van der Waals surface area contributed by atoms with Gasteiger partial charge in [-0.2, -0.15) is 0 Å². The van der Waals surface area contributed by atoms with Gasteiger partial charge in [0.05, 0.1) is 5.92 Å². The molecule has 0 radical (unpaired) electrons. The van der Waals surface area contributed by atoms with Crippen molar-refractivity contribution in [1.82, 2.24) is 0 Å². The number of carbonyl (C=O) groups excluding carboxylic acids is 1. The lowest BCUT2D eigenvalue weighted by Crippen LogP contribution is -2.55. The van der Waals surface area contributed by atoms with Crippen molar-refractivity contribution in [2.24, 2.45) is 57.7 Å². The van der Waals surface area contributed by atoms with E-state index >= 15 is 0 Å². The van der Waals surface area contributed by atoms with Crippen molar-refractivity contribution >= 4 is 5.97 Å². The summed E-state index contributed by atoms with van der Waals surface area (Å²) in [6, 6.07) is 0. The summed E-state index contributed by atoms with van der Waals surface area (Å²) in [5.74, 6) is 4.56. The van der Waals surface area contributed by atoms with Gasteiger partial charge in [0, 0.05) is 5.92 Å². The molecule has 0 N–H and O–H groups in total. The monoisotopic (exact) mass is 450 g/mol. The summed E-state index contributed by atoms with van der Waals surface area (Å²) in [6.45, 7) is 14.5. The molecule has 4 saturated carbocycles. The van der Waals surface area contributed by atoms with Gasteiger partial charge in [0.15, 0.2) is 0 Å². The first kappa shape index (κ1) is 22.4. The van der Waals surface area contributed by atoms with Gasteiger partial charge in [-0.1, -0.05) is 51.8 Å². The van der Waals surface area contributed by atoms with Crippen LogP contribution in [-0.2, 0) is 9.53 Å². The third-order valence-corrected chi connectivity index (χ3v) is 12.6. The van der Waals surface area contributed by atoms with Crippen LogP contribution in [0.25, 0.3) is 0 Å². The Morgan fingerprint density at radius 3 is 2.52 bits per heavy atom. The number of hydrogen-bond donors (Lipinski definition) is 0. The van der Waals surface area contributed by atoms with Gasteiger partial charge in [-0.3, -0.25) is 4.79 Å². The summed E-state index contributed by atoms with van der Waals surface area (Å²) in [4.78, 5) is 13.7. The highest BCUT2D eigenvalue weighted by atomic mass is 16.5. The fourth-order valence-electron chi connectivity index (χ4n) is 10.3. The fourth-order valence-corrected chi connectivity index (χ4v) is 10.3. The van der Waals surface area contributed by atoms with E-state index in [1.165, 1.54) is 56.9 Å². The Balaban J connectivity index is 1.21. The van der Waals surface area contributed by atoms with Crippen molar-refractivity contribution in [3.8, 4) is 0 Å². The van der Waals surface area contributed by atoms with Gasteiger partial charge in [0.1, 0.15) is 6.10 Å². The maximum absolute atomic E-state index is 13.7. The lowest BCUT2D eigenvalue weighted by atomic mass is 9.47. The van der Waals surface area contributed by atoms with Gasteiger partial charge in [0.25, 0.3) is 0 Å². The molecule has 2 heteroatoms. The first-order valence-corrected chi connectivity index (χ1v) is 14.1. The van der Waals surface area contributed by atoms with Crippen molar-refractivity contribution in [3.05, 3.63) is 23.3 Å². The second-order valence-electron chi connectivity index (χ2n) is 14.3. The number of hydrogen-bond acceptors (Lipinski definition) is 2. The predicted octanol–water partition coefficient (Wildman–Crippen LogP) is 7.74. The van der Waals surface area contributed by atoms with Crippen LogP contribution in [0.2, 0.25) is 0 Å². The van der Waals surface area contributed by atoms with Crippen LogP contribution in [0.4, 0.5) is 0 Å². The number of allylic oxidation sites excluding steroid dienone is 3. The standard InChI is InChI=1S/C31H46O2/c1-18-11-13-30(5)20(15-18)7-8-21-22-9-10-24(31(22,6)14-12-23(21)30)28(32)33-27-16-19(2)25-17-26(27)29(25,3)4/h7,16,18,21-27H,8-15,17H2,1-6H3/t18?,21-,22-,23-,24+,25-,26+,27-,30-,31-/m0/s1. The average molecular weight is 451 g/mol. The van der Waals surface area contributed by atoms with E-state index in [0.717, 1.165) is 24.2 Å². The van der Waals surface area contributed by atoms with E-state index in [2.05, 4.69) is 53.7 Å². The molecule has 7 rings (SSSR count). The Kier molecular flexibility index (Phi) is 4.91. The van der Waals surface area contributed by atoms with Gasteiger partial charge >= 0.3 is 5.97 Å². The fraction of sp³-hybridized carbons (Fsp3) is 0.839. The Morgan fingerprint density at radius 2 is 1.79 bits per heavy atom. The van der Waals surface area contributed by atoms with Crippen LogP contribution >= 0.6 is 0 Å². The first-order valence-electron chi connectivity index (χ1n) is 14.1. The summed E-state index contributed by atoms with van der Waals surface area (Å²) >= 11 is 0. The number of esters is 1. The minimum absolute atomic E-state index is 0.000185.